The van der Waals surface area contributed by atoms with Gasteiger partial charge in [0, 0.05) is 10.7 Å². The van der Waals surface area contributed by atoms with Crippen LogP contribution in [0.25, 0.3) is 0 Å². The molecule has 1 amide bonds. The lowest BCUT2D eigenvalue weighted by atomic mass is 10.1. The number of rotatable bonds is 5. The van der Waals surface area contributed by atoms with Crippen molar-refractivity contribution >= 4 is 34.7 Å². The van der Waals surface area contributed by atoms with Crippen molar-refractivity contribution in [3.63, 3.8) is 0 Å². The van der Waals surface area contributed by atoms with Crippen LogP contribution in [0, 0.1) is 6.92 Å². The van der Waals surface area contributed by atoms with E-state index < -0.39 is 0 Å². The number of nitrogens with one attached hydrogen (secondary N) is 2. The first kappa shape index (κ1) is 17.0. The maximum Gasteiger partial charge on any atom is 0.228 e. The van der Waals surface area contributed by atoms with Crippen LogP contribution in [0.4, 0.5) is 17.2 Å². The molecule has 2 aromatic carbocycles. The molecule has 0 fully saturated rings. The minimum atomic E-state index is -0.0938. The van der Waals surface area contributed by atoms with E-state index in [9.17, 15) is 4.79 Å². The molecule has 0 aliphatic carbocycles. The second-order valence-corrected chi connectivity index (χ2v) is 6.16. The summed E-state index contributed by atoms with van der Waals surface area (Å²) < 4.78 is 0. The summed E-state index contributed by atoms with van der Waals surface area (Å²) in [5.74, 6) is 0.633. The van der Waals surface area contributed by atoms with Gasteiger partial charge in [-0.1, -0.05) is 41.9 Å². The summed E-state index contributed by atoms with van der Waals surface area (Å²) in [6.07, 6.45) is 1.93. The van der Waals surface area contributed by atoms with Gasteiger partial charge >= 0.3 is 0 Å². The summed E-state index contributed by atoms with van der Waals surface area (Å²) in [4.78, 5) is 16.4. The lowest BCUT2D eigenvalue weighted by Crippen LogP contribution is -2.14. The molecule has 2 N–H and O–H groups in total. The van der Waals surface area contributed by atoms with Crippen molar-refractivity contribution in [3.05, 3.63) is 83.0 Å². The number of halogens is 1. The van der Waals surface area contributed by atoms with Crippen LogP contribution in [0.2, 0.25) is 5.02 Å². The first-order chi connectivity index (χ1) is 12.1. The predicted octanol–water partition coefficient (Wildman–Crippen LogP) is 4.97. The third kappa shape index (κ3) is 4.81. The number of aromatic nitrogens is 1. The molecule has 1 heterocycles. The van der Waals surface area contributed by atoms with Crippen LogP contribution in [-0.4, -0.2) is 10.9 Å². The molecule has 25 heavy (non-hydrogen) atoms. The molecular weight excluding hydrogens is 334 g/mol. The van der Waals surface area contributed by atoms with Crippen molar-refractivity contribution in [1.82, 2.24) is 4.98 Å². The predicted molar refractivity (Wildman–Crippen MR) is 102 cm³/mol. The van der Waals surface area contributed by atoms with Gasteiger partial charge in [-0.05, 0) is 48.4 Å². The Balaban J connectivity index is 1.59. The lowest BCUT2D eigenvalue weighted by molar-refractivity contribution is -0.115. The maximum absolute atomic E-state index is 12.1. The standard InChI is InChI=1S/C20H18ClN3O/c1-14-4-2-3-5-18(14)24-19-11-10-17(13-22-19)23-20(25)12-15-6-8-16(21)9-7-15/h2-11,13H,12H2,1H3,(H,22,24)(H,23,25). The number of pyridine rings is 1. The normalized spacial score (nSPS) is 10.3. The van der Waals surface area contributed by atoms with Gasteiger partial charge in [0.1, 0.15) is 5.82 Å². The summed E-state index contributed by atoms with van der Waals surface area (Å²) in [6.45, 7) is 2.04. The number of benzene rings is 2. The molecule has 0 bridgehead atoms. The SMILES string of the molecule is Cc1ccccc1Nc1ccc(NC(=O)Cc2ccc(Cl)cc2)cn1. The van der Waals surface area contributed by atoms with Crippen LogP contribution in [0.1, 0.15) is 11.1 Å². The number of carbonyl (C=O) groups is 1. The fourth-order valence-corrected chi connectivity index (χ4v) is 2.51. The van der Waals surface area contributed by atoms with E-state index in [2.05, 4.69) is 15.6 Å². The van der Waals surface area contributed by atoms with Gasteiger partial charge < -0.3 is 10.6 Å². The van der Waals surface area contributed by atoms with E-state index in [0.29, 0.717) is 17.1 Å². The molecule has 0 saturated carbocycles. The highest BCUT2D eigenvalue weighted by atomic mass is 35.5. The molecule has 0 aliphatic rings. The summed E-state index contributed by atoms with van der Waals surface area (Å²) in [7, 11) is 0. The molecule has 0 spiro atoms. The van der Waals surface area contributed by atoms with Crippen LogP contribution in [0.3, 0.4) is 0 Å². The number of para-hydroxylation sites is 1. The molecule has 1 aromatic heterocycles. The first-order valence-electron chi connectivity index (χ1n) is 7.93. The zero-order valence-electron chi connectivity index (χ0n) is 13.8. The molecule has 126 valence electrons. The average molecular weight is 352 g/mol. The highest BCUT2D eigenvalue weighted by Crippen LogP contribution is 2.19. The van der Waals surface area contributed by atoms with Crippen molar-refractivity contribution in [2.45, 2.75) is 13.3 Å². The molecule has 3 rings (SSSR count). The molecule has 3 aromatic rings. The zero-order chi connectivity index (χ0) is 17.6. The van der Waals surface area contributed by atoms with Gasteiger partial charge in [-0.15, -0.1) is 0 Å². The van der Waals surface area contributed by atoms with E-state index in [-0.39, 0.29) is 5.91 Å². The fourth-order valence-electron chi connectivity index (χ4n) is 2.39. The fraction of sp³-hybridized carbons (Fsp3) is 0.100. The minimum Gasteiger partial charge on any atom is -0.340 e. The Bertz CT molecular complexity index is 861. The molecule has 0 radical (unpaired) electrons. The first-order valence-corrected chi connectivity index (χ1v) is 8.31. The maximum atomic E-state index is 12.1. The summed E-state index contributed by atoms with van der Waals surface area (Å²) in [6, 6.07) is 18.9. The van der Waals surface area contributed by atoms with Crippen LogP contribution < -0.4 is 10.6 Å². The molecule has 4 nitrogen and oxygen atoms in total. The number of anilines is 3. The van der Waals surface area contributed by atoms with Gasteiger partial charge in [-0.2, -0.15) is 0 Å². The topological polar surface area (TPSA) is 54.0 Å². The Morgan fingerprint density at radius 3 is 2.48 bits per heavy atom. The summed E-state index contributed by atoms with van der Waals surface area (Å²) in [5.41, 5.74) is 3.72. The van der Waals surface area contributed by atoms with Gasteiger partial charge in [0.05, 0.1) is 18.3 Å². The summed E-state index contributed by atoms with van der Waals surface area (Å²) in [5, 5.41) is 6.76. The van der Waals surface area contributed by atoms with Crippen molar-refractivity contribution in [3.8, 4) is 0 Å². The van der Waals surface area contributed by atoms with Crippen molar-refractivity contribution in [2.24, 2.45) is 0 Å². The minimum absolute atomic E-state index is 0.0938. The largest absolute Gasteiger partial charge is 0.340 e. The van der Waals surface area contributed by atoms with Crippen molar-refractivity contribution in [2.75, 3.05) is 10.6 Å². The number of carbonyl (C=O) groups excluding carboxylic acids is 1. The van der Waals surface area contributed by atoms with Gasteiger partial charge in [-0.3, -0.25) is 4.79 Å². The van der Waals surface area contributed by atoms with E-state index in [1.807, 2.05) is 55.5 Å². The number of hydrogen-bond donors (Lipinski definition) is 2. The molecule has 0 saturated heterocycles. The van der Waals surface area contributed by atoms with E-state index in [0.717, 1.165) is 22.6 Å². The Hall–Kier alpha value is -2.85. The van der Waals surface area contributed by atoms with E-state index in [1.165, 1.54) is 0 Å². The number of aryl methyl sites for hydroxylation is 1. The number of hydrogen-bond acceptors (Lipinski definition) is 3. The van der Waals surface area contributed by atoms with Crippen LogP contribution in [0.5, 0.6) is 0 Å². The van der Waals surface area contributed by atoms with E-state index >= 15 is 0 Å². The van der Waals surface area contributed by atoms with Crippen LogP contribution >= 0.6 is 11.6 Å². The second kappa shape index (κ2) is 7.81. The number of nitrogens with zero attached hydrogens (tertiary/aromatic N) is 1. The van der Waals surface area contributed by atoms with E-state index in [4.69, 9.17) is 11.6 Å². The smallest absolute Gasteiger partial charge is 0.228 e. The third-order valence-electron chi connectivity index (χ3n) is 3.73. The number of amides is 1. The zero-order valence-corrected chi connectivity index (χ0v) is 14.5. The Morgan fingerprint density at radius 1 is 1.04 bits per heavy atom. The molecule has 0 unspecified atom stereocenters. The Labute approximate surface area is 151 Å². The van der Waals surface area contributed by atoms with Gasteiger partial charge in [0.2, 0.25) is 5.91 Å². The van der Waals surface area contributed by atoms with Crippen molar-refractivity contribution < 1.29 is 4.79 Å². The molecular formula is C20H18ClN3O. The Kier molecular flexibility index (Phi) is 5.31. The van der Waals surface area contributed by atoms with E-state index in [1.54, 1.807) is 18.3 Å². The highest BCUT2D eigenvalue weighted by Gasteiger charge is 2.05. The highest BCUT2D eigenvalue weighted by molar-refractivity contribution is 6.30. The quantitative estimate of drug-likeness (QED) is 0.682. The van der Waals surface area contributed by atoms with Crippen LogP contribution in [0.15, 0.2) is 66.9 Å². The lowest BCUT2D eigenvalue weighted by Gasteiger charge is -2.10. The van der Waals surface area contributed by atoms with Gasteiger partial charge in [0.25, 0.3) is 0 Å². The van der Waals surface area contributed by atoms with Gasteiger partial charge in [0.15, 0.2) is 0 Å². The molecule has 0 atom stereocenters. The monoisotopic (exact) mass is 351 g/mol. The third-order valence-corrected chi connectivity index (χ3v) is 3.98. The second-order valence-electron chi connectivity index (χ2n) is 5.72. The summed E-state index contributed by atoms with van der Waals surface area (Å²) >= 11 is 5.85. The molecule has 5 heteroatoms. The van der Waals surface area contributed by atoms with Gasteiger partial charge in [-0.25, -0.2) is 4.98 Å². The average Bonchev–Trinajstić information content (AvgIpc) is 2.61. The van der Waals surface area contributed by atoms with Crippen LogP contribution in [-0.2, 0) is 11.2 Å². The Morgan fingerprint density at radius 2 is 1.80 bits per heavy atom. The molecule has 0 aliphatic heterocycles. The van der Waals surface area contributed by atoms with Crippen molar-refractivity contribution in [1.29, 1.82) is 0 Å².